The molecule has 2 heterocycles. The van der Waals surface area contributed by atoms with Crippen molar-refractivity contribution in [2.45, 2.75) is 0 Å². The van der Waals surface area contributed by atoms with E-state index < -0.39 is 0 Å². The molecule has 0 saturated carbocycles. The van der Waals surface area contributed by atoms with Gasteiger partial charge in [0.05, 0.1) is 11.9 Å². The molecule has 0 radical (unpaired) electrons. The van der Waals surface area contributed by atoms with E-state index in [1.807, 2.05) is 30.3 Å². The molecule has 3 rings (SSSR count). The third kappa shape index (κ3) is 1.22. The number of nitrogens with one attached hydrogen (secondary N) is 1. The number of H-pyrrole nitrogens is 1. The summed E-state index contributed by atoms with van der Waals surface area (Å²) < 4.78 is 1.52. The van der Waals surface area contributed by atoms with Crippen LogP contribution < -0.4 is 5.69 Å². The summed E-state index contributed by atoms with van der Waals surface area (Å²) in [7, 11) is 0. The van der Waals surface area contributed by atoms with Gasteiger partial charge in [-0.2, -0.15) is 0 Å². The molecule has 0 spiro atoms. The van der Waals surface area contributed by atoms with Crippen LogP contribution in [0.5, 0.6) is 0 Å². The van der Waals surface area contributed by atoms with E-state index in [9.17, 15) is 4.79 Å². The highest BCUT2D eigenvalue weighted by molar-refractivity contribution is 5.71. The van der Waals surface area contributed by atoms with E-state index >= 15 is 0 Å². The van der Waals surface area contributed by atoms with E-state index in [0.717, 1.165) is 5.69 Å². The lowest BCUT2D eigenvalue weighted by atomic mass is 10.3. The van der Waals surface area contributed by atoms with Gasteiger partial charge in [0.15, 0.2) is 5.65 Å². The molecule has 0 aliphatic carbocycles. The van der Waals surface area contributed by atoms with Crippen LogP contribution in [0.25, 0.3) is 16.9 Å². The molecule has 0 unspecified atom stereocenters. The Morgan fingerprint density at radius 3 is 2.81 bits per heavy atom. The molecule has 5 nitrogen and oxygen atoms in total. The minimum Gasteiger partial charge on any atom is -0.303 e. The lowest BCUT2D eigenvalue weighted by Gasteiger charge is -2.00. The average Bonchev–Trinajstić information content (AvgIpc) is 2.66. The Hall–Kier alpha value is -2.43. The van der Waals surface area contributed by atoms with Gasteiger partial charge in [0.25, 0.3) is 0 Å². The van der Waals surface area contributed by atoms with Crippen LogP contribution in [0.1, 0.15) is 0 Å². The number of hydrogen-bond acceptors (Lipinski definition) is 3. The fourth-order valence-electron chi connectivity index (χ4n) is 1.67. The summed E-state index contributed by atoms with van der Waals surface area (Å²) in [6.45, 7) is 0. The minimum atomic E-state index is -0.207. The predicted octanol–water partition coefficient (Wildman–Crippen LogP) is 1.11. The van der Waals surface area contributed by atoms with Crippen LogP contribution >= 0.6 is 0 Å². The molecule has 0 bridgehead atoms. The first-order valence-corrected chi connectivity index (χ1v) is 4.82. The molecule has 5 heteroatoms. The number of imidazole rings is 1. The van der Waals surface area contributed by atoms with Crippen LogP contribution in [0.3, 0.4) is 0 Å². The second-order valence-electron chi connectivity index (χ2n) is 3.36. The van der Waals surface area contributed by atoms with Gasteiger partial charge in [-0.05, 0) is 12.1 Å². The minimum absolute atomic E-state index is 0.207. The standard InChI is InChI=1S/C11H8N4O/c16-11-14-9-6-12-7-13-10(9)15(11)8-4-2-1-3-5-8/h1-7H,(H,14,16). The van der Waals surface area contributed by atoms with Crippen molar-refractivity contribution in [3.63, 3.8) is 0 Å². The summed E-state index contributed by atoms with van der Waals surface area (Å²) in [6.07, 6.45) is 3.01. The van der Waals surface area contributed by atoms with E-state index in [4.69, 9.17) is 0 Å². The van der Waals surface area contributed by atoms with Gasteiger partial charge in [-0.15, -0.1) is 0 Å². The van der Waals surface area contributed by atoms with Gasteiger partial charge in [-0.3, -0.25) is 0 Å². The van der Waals surface area contributed by atoms with Crippen LogP contribution in [0.15, 0.2) is 47.7 Å². The third-order valence-corrected chi connectivity index (χ3v) is 2.36. The molecular formula is C11H8N4O. The van der Waals surface area contributed by atoms with Gasteiger partial charge in [0.1, 0.15) is 11.8 Å². The van der Waals surface area contributed by atoms with Crippen molar-refractivity contribution in [2.75, 3.05) is 0 Å². The first-order valence-electron chi connectivity index (χ1n) is 4.82. The van der Waals surface area contributed by atoms with Crippen molar-refractivity contribution in [3.8, 4) is 5.69 Å². The van der Waals surface area contributed by atoms with Crippen molar-refractivity contribution in [1.82, 2.24) is 19.5 Å². The molecule has 0 aliphatic rings. The summed E-state index contributed by atoms with van der Waals surface area (Å²) in [5.74, 6) is 0. The number of benzene rings is 1. The second-order valence-corrected chi connectivity index (χ2v) is 3.36. The Balaban J connectivity index is 2.40. The maximum Gasteiger partial charge on any atom is 0.332 e. The van der Waals surface area contributed by atoms with Crippen molar-refractivity contribution in [2.24, 2.45) is 0 Å². The number of nitrogens with zero attached hydrogens (tertiary/aromatic N) is 3. The number of hydrogen-bond donors (Lipinski definition) is 1. The molecule has 3 aromatic rings. The molecule has 16 heavy (non-hydrogen) atoms. The molecule has 0 amide bonds. The highest BCUT2D eigenvalue weighted by atomic mass is 16.1. The lowest BCUT2D eigenvalue weighted by Crippen LogP contribution is -2.14. The molecule has 1 N–H and O–H groups in total. The van der Waals surface area contributed by atoms with E-state index in [2.05, 4.69) is 15.0 Å². The summed E-state index contributed by atoms with van der Waals surface area (Å²) in [5.41, 5.74) is 1.81. The summed E-state index contributed by atoms with van der Waals surface area (Å²) in [6, 6.07) is 9.37. The number of rotatable bonds is 1. The molecule has 2 aromatic heterocycles. The van der Waals surface area contributed by atoms with Gasteiger partial charge >= 0.3 is 5.69 Å². The fraction of sp³-hybridized carbons (Fsp3) is 0. The highest BCUT2D eigenvalue weighted by Crippen LogP contribution is 2.10. The van der Waals surface area contributed by atoms with Crippen LogP contribution in [0.4, 0.5) is 0 Å². The van der Waals surface area contributed by atoms with Crippen molar-refractivity contribution in [3.05, 3.63) is 53.3 Å². The van der Waals surface area contributed by atoms with E-state index in [0.29, 0.717) is 11.2 Å². The summed E-state index contributed by atoms with van der Waals surface area (Å²) in [5, 5.41) is 0. The molecule has 1 aromatic carbocycles. The maximum absolute atomic E-state index is 11.8. The molecule has 0 saturated heterocycles. The smallest absolute Gasteiger partial charge is 0.303 e. The number of fused-ring (bicyclic) bond motifs is 1. The zero-order valence-electron chi connectivity index (χ0n) is 8.29. The van der Waals surface area contributed by atoms with Crippen molar-refractivity contribution in [1.29, 1.82) is 0 Å². The van der Waals surface area contributed by atoms with Gasteiger partial charge in [0, 0.05) is 0 Å². The Morgan fingerprint density at radius 1 is 1.19 bits per heavy atom. The Labute approximate surface area is 90.4 Å². The first-order chi connectivity index (χ1) is 7.86. The van der Waals surface area contributed by atoms with Crippen LogP contribution in [0.2, 0.25) is 0 Å². The normalized spacial score (nSPS) is 10.8. The van der Waals surface area contributed by atoms with Crippen LogP contribution in [-0.2, 0) is 0 Å². The quantitative estimate of drug-likeness (QED) is 0.657. The van der Waals surface area contributed by atoms with Crippen molar-refractivity contribution >= 4 is 11.2 Å². The summed E-state index contributed by atoms with van der Waals surface area (Å²) in [4.78, 5) is 22.5. The Bertz CT molecular complexity index is 684. The highest BCUT2D eigenvalue weighted by Gasteiger charge is 2.08. The Kier molecular flexibility index (Phi) is 1.83. The van der Waals surface area contributed by atoms with E-state index in [1.54, 1.807) is 6.20 Å². The third-order valence-electron chi connectivity index (χ3n) is 2.36. The SMILES string of the molecule is O=c1[nH]c2cncnc2n1-c1ccccc1. The van der Waals surface area contributed by atoms with Gasteiger partial charge in [-0.1, -0.05) is 18.2 Å². The van der Waals surface area contributed by atoms with E-state index in [-0.39, 0.29) is 5.69 Å². The monoisotopic (exact) mass is 212 g/mol. The van der Waals surface area contributed by atoms with Gasteiger partial charge < -0.3 is 4.98 Å². The largest absolute Gasteiger partial charge is 0.332 e. The van der Waals surface area contributed by atoms with Crippen LogP contribution in [-0.4, -0.2) is 19.5 Å². The van der Waals surface area contributed by atoms with Gasteiger partial charge in [0.2, 0.25) is 0 Å². The topological polar surface area (TPSA) is 63.6 Å². The molecular weight excluding hydrogens is 204 g/mol. The molecule has 0 atom stereocenters. The number of para-hydroxylation sites is 1. The first kappa shape index (κ1) is 8.84. The number of aromatic amines is 1. The number of aromatic nitrogens is 4. The maximum atomic E-state index is 11.8. The predicted molar refractivity (Wildman–Crippen MR) is 59.5 cm³/mol. The van der Waals surface area contributed by atoms with E-state index in [1.165, 1.54) is 10.9 Å². The zero-order valence-corrected chi connectivity index (χ0v) is 8.29. The van der Waals surface area contributed by atoms with Crippen LogP contribution in [0, 0.1) is 0 Å². The molecule has 0 fully saturated rings. The average molecular weight is 212 g/mol. The lowest BCUT2D eigenvalue weighted by molar-refractivity contribution is 0.997. The van der Waals surface area contributed by atoms with Gasteiger partial charge in [-0.25, -0.2) is 19.3 Å². The summed E-state index contributed by atoms with van der Waals surface area (Å²) >= 11 is 0. The molecule has 78 valence electrons. The molecule has 0 aliphatic heterocycles. The van der Waals surface area contributed by atoms with Crippen molar-refractivity contribution < 1.29 is 0 Å². The fourth-order valence-corrected chi connectivity index (χ4v) is 1.67. The zero-order chi connectivity index (χ0) is 11.0. The second kappa shape index (κ2) is 3.30. The Morgan fingerprint density at radius 2 is 2.00 bits per heavy atom.